The lowest BCUT2D eigenvalue weighted by atomic mass is 10.1. The number of nitrogens with one attached hydrogen (secondary N) is 1. The van der Waals surface area contributed by atoms with Gasteiger partial charge in [0.25, 0.3) is 5.91 Å². The number of nitrogens with zero attached hydrogens (tertiary/aromatic N) is 1. The molecule has 0 aliphatic carbocycles. The number of hydrogen-bond acceptors (Lipinski definition) is 4. The zero-order valence-corrected chi connectivity index (χ0v) is 18.3. The Balaban J connectivity index is 2.33. The smallest absolute Gasteiger partial charge is 0.308 e. The average Bonchev–Trinajstić information content (AvgIpc) is 2.59. The highest BCUT2D eigenvalue weighted by Crippen LogP contribution is 2.35. The van der Waals surface area contributed by atoms with Crippen molar-refractivity contribution in [1.82, 2.24) is 0 Å². The van der Waals surface area contributed by atoms with Crippen molar-refractivity contribution in [1.29, 1.82) is 5.26 Å². The van der Waals surface area contributed by atoms with E-state index >= 15 is 0 Å². The van der Waals surface area contributed by atoms with Crippen LogP contribution in [0.25, 0.3) is 6.08 Å². The standard InChI is InChI=1S/C18H10Br2Cl2N2O3/c1-9(25)27-17-12(19)6-10(7-13(17)20)5-11(8-23)18(26)24-15-4-2-3-14(21)16(15)22/h2-7H,1H3,(H,24,26)/b11-5+. The summed E-state index contributed by atoms with van der Waals surface area (Å²) in [5.74, 6) is -0.818. The van der Waals surface area contributed by atoms with Crippen LogP contribution in [-0.4, -0.2) is 11.9 Å². The van der Waals surface area contributed by atoms with Gasteiger partial charge in [0.2, 0.25) is 0 Å². The van der Waals surface area contributed by atoms with Gasteiger partial charge in [0, 0.05) is 6.92 Å². The Morgan fingerprint density at radius 2 is 1.85 bits per heavy atom. The number of carbonyl (C=O) groups is 2. The zero-order chi connectivity index (χ0) is 20.1. The summed E-state index contributed by atoms with van der Waals surface area (Å²) in [6.45, 7) is 1.28. The minimum Gasteiger partial charge on any atom is -0.424 e. The molecule has 0 saturated heterocycles. The molecule has 5 nitrogen and oxygen atoms in total. The van der Waals surface area contributed by atoms with Gasteiger partial charge in [0.1, 0.15) is 11.6 Å². The summed E-state index contributed by atoms with van der Waals surface area (Å²) in [5, 5.41) is 12.4. The van der Waals surface area contributed by atoms with Gasteiger partial charge in [0.15, 0.2) is 5.75 Å². The SMILES string of the molecule is CC(=O)Oc1c(Br)cc(/C=C(\C#N)C(=O)Nc2cccc(Cl)c2Cl)cc1Br. The molecule has 0 spiro atoms. The van der Waals surface area contributed by atoms with Crippen LogP contribution in [0.5, 0.6) is 5.75 Å². The number of halogens is 4. The Labute approximate surface area is 182 Å². The second-order valence-corrected chi connectivity index (χ2v) is 7.63. The molecule has 2 aromatic carbocycles. The number of esters is 1. The molecule has 9 heteroatoms. The van der Waals surface area contributed by atoms with E-state index in [1.807, 2.05) is 6.07 Å². The van der Waals surface area contributed by atoms with Crippen molar-refractivity contribution in [2.75, 3.05) is 5.32 Å². The van der Waals surface area contributed by atoms with Crippen molar-refractivity contribution >= 4 is 78.7 Å². The maximum absolute atomic E-state index is 12.4. The topological polar surface area (TPSA) is 79.2 Å². The highest BCUT2D eigenvalue weighted by atomic mass is 79.9. The summed E-state index contributed by atoms with van der Waals surface area (Å²) in [6.07, 6.45) is 1.39. The van der Waals surface area contributed by atoms with E-state index in [4.69, 9.17) is 27.9 Å². The minimum atomic E-state index is -0.641. The van der Waals surface area contributed by atoms with Gasteiger partial charge in [-0.05, 0) is 67.8 Å². The maximum atomic E-state index is 12.4. The van der Waals surface area contributed by atoms with Crippen molar-refractivity contribution in [3.05, 3.63) is 60.5 Å². The third-order valence-electron chi connectivity index (χ3n) is 3.14. The fraction of sp³-hybridized carbons (Fsp3) is 0.0556. The van der Waals surface area contributed by atoms with E-state index < -0.39 is 11.9 Å². The molecular weight excluding hydrogens is 523 g/mol. The molecule has 0 fully saturated rings. The van der Waals surface area contributed by atoms with Gasteiger partial charge in [-0.1, -0.05) is 29.3 Å². The number of rotatable bonds is 4. The maximum Gasteiger partial charge on any atom is 0.308 e. The van der Waals surface area contributed by atoms with Gasteiger partial charge in [0.05, 0.1) is 24.7 Å². The van der Waals surface area contributed by atoms with Crippen molar-refractivity contribution in [3.8, 4) is 11.8 Å². The Morgan fingerprint density at radius 3 is 2.41 bits per heavy atom. The van der Waals surface area contributed by atoms with E-state index in [0.29, 0.717) is 25.9 Å². The number of anilines is 1. The number of hydrogen-bond donors (Lipinski definition) is 1. The van der Waals surface area contributed by atoms with Gasteiger partial charge in [-0.2, -0.15) is 5.26 Å². The summed E-state index contributed by atoms with van der Waals surface area (Å²) >= 11 is 18.5. The first-order chi connectivity index (χ1) is 12.7. The molecule has 0 aliphatic heterocycles. The molecule has 138 valence electrons. The number of nitriles is 1. The fourth-order valence-electron chi connectivity index (χ4n) is 2.01. The molecular formula is C18H10Br2Cl2N2O3. The van der Waals surface area contributed by atoms with Crippen LogP contribution in [-0.2, 0) is 9.59 Å². The summed E-state index contributed by atoms with van der Waals surface area (Å²) in [4.78, 5) is 23.5. The molecule has 0 bridgehead atoms. The van der Waals surface area contributed by atoms with Crippen LogP contribution in [0, 0.1) is 11.3 Å². The van der Waals surface area contributed by atoms with Crippen molar-refractivity contribution in [3.63, 3.8) is 0 Å². The average molecular weight is 533 g/mol. The predicted octanol–water partition coefficient (Wildman–Crippen LogP) is 5.99. The lowest BCUT2D eigenvalue weighted by Gasteiger charge is -2.09. The molecule has 27 heavy (non-hydrogen) atoms. The molecule has 0 aromatic heterocycles. The van der Waals surface area contributed by atoms with Gasteiger partial charge in [-0.3, -0.25) is 9.59 Å². The van der Waals surface area contributed by atoms with Crippen LogP contribution in [0.2, 0.25) is 10.0 Å². The van der Waals surface area contributed by atoms with E-state index in [2.05, 4.69) is 37.2 Å². The molecule has 0 aliphatic rings. The van der Waals surface area contributed by atoms with Crippen molar-refractivity contribution in [2.24, 2.45) is 0 Å². The number of ether oxygens (including phenoxy) is 1. The van der Waals surface area contributed by atoms with E-state index in [9.17, 15) is 14.9 Å². The minimum absolute atomic E-state index is 0.148. The number of benzene rings is 2. The Bertz CT molecular complexity index is 978. The van der Waals surface area contributed by atoms with Crippen molar-refractivity contribution < 1.29 is 14.3 Å². The van der Waals surface area contributed by atoms with Gasteiger partial charge in [-0.15, -0.1) is 0 Å². The largest absolute Gasteiger partial charge is 0.424 e. The zero-order valence-electron chi connectivity index (χ0n) is 13.6. The molecule has 0 saturated carbocycles. The second-order valence-electron chi connectivity index (χ2n) is 5.13. The molecule has 0 unspecified atom stereocenters. The third kappa shape index (κ3) is 5.56. The normalized spacial score (nSPS) is 10.9. The summed E-state index contributed by atoms with van der Waals surface area (Å²) < 4.78 is 6.05. The van der Waals surface area contributed by atoms with E-state index in [-0.39, 0.29) is 15.6 Å². The lowest BCUT2D eigenvalue weighted by molar-refractivity contribution is -0.132. The summed E-state index contributed by atoms with van der Waals surface area (Å²) in [5.41, 5.74) is 0.682. The summed E-state index contributed by atoms with van der Waals surface area (Å²) in [6, 6.07) is 9.85. The van der Waals surface area contributed by atoms with Crippen molar-refractivity contribution in [2.45, 2.75) is 6.92 Å². The molecule has 0 atom stereocenters. The van der Waals surface area contributed by atoms with E-state index in [1.165, 1.54) is 13.0 Å². The molecule has 1 amide bonds. The Morgan fingerprint density at radius 1 is 1.22 bits per heavy atom. The van der Waals surface area contributed by atoms with E-state index in [1.54, 1.807) is 30.3 Å². The van der Waals surface area contributed by atoms with Crippen LogP contribution in [0.3, 0.4) is 0 Å². The predicted molar refractivity (Wildman–Crippen MR) is 112 cm³/mol. The molecule has 2 rings (SSSR count). The van der Waals surface area contributed by atoms with Crippen LogP contribution in [0.15, 0.2) is 44.9 Å². The molecule has 2 aromatic rings. The quantitative estimate of drug-likeness (QED) is 0.227. The molecule has 1 N–H and O–H groups in total. The molecule has 0 heterocycles. The molecule has 0 radical (unpaired) electrons. The highest BCUT2D eigenvalue weighted by Gasteiger charge is 2.15. The number of carbonyl (C=O) groups excluding carboxylic acids is 2. The van der Waals surface area contributed by atoms with Gasteiger partial charge in [-0.25, -0.2) is 0 Å². The lowest BCUT2D eigenvalue weighted by Crippen LogP contribution is -2.13. The van der Waals surface area contributed by atoms with Crippen LogP contribution < -0.4 is 10.1 Å². The second kappa shape index (κ2) is 9.38. The van der Waals surface area contributed by atoms with Crippen LogP contribution in [0.1, 0.15) is 12.5 Å². The number of amides is 1. The van der Waals surface area contributed by atoms with Gasteiger partial charge < -0.3 is 10.1 Å². The fourth-order valence-corrected chi connectivity index (χ4v) is 3.74. The van der Waals surface area contributed by atoms with Crippen LogP contribution in [0.4, 0.5) is 5.69 Å². The Kier molecular flexibility index (Phi) is 7.45. The first-order valence-corrected chi connectivity index (χ1v) is 9.61. The Hall–Kier alpha value is -1.85. The third-order valence-corrected chi connectivity index (χ3v) is 5.14. The van der Waals surface area contributed by atoms with Crippen LogP contribution >= 0.6 is 55.1 Å². The van der Waals surface area contributed by atoms with Gasteiger partial charge >= 0.3 is 5.97 Å². The monoisotopic (exact) mass is 530 g/mol. The van der Waals surface area contributed by atoms with E-state index in [0.717, 1.165) is 0 Å². The highest BCUT2D eigenvalue weighted by molar-refractivity contribution is 9.11. The first kappa shape index (κ1) is 21.5. The first-order valence-electron chi connectivity index (χ1n) is 7.27. The summed E-state index contributed by atoms with van der Waals surface area (Å²) in [7, 11) is 0.